The van der Waals surface area contributed by atoms with Gasteiger partial charge in [0, 0.05) is 16.8 Å². The van der Waals surface area contributed by atoms with Gasteiger partial charge in [0.15, 0.2) is 16.3 Å². The molecule has 0 radical (unpaired) electrons. The Kier molecular flexibility index (Phi) is 14.7. The zero-order valence-electron chi connectivity index (χ0n) is 36.8. The molecule has 2 heterocycles. The topological polar surface area (TPSA) is 473 Å². The Hall–Kier alpha value is -7.52. The van der Waals surface area contributed by atoms with Crippen LogP contribution in [0.5, 0.6) is 23.1 Å². The minimum absolute atomic E-state index is 0.00901. The maximum Gasteiger partial charge on any atom is 0.358 e. The van der Waals surface area contributed by atoms with E-state index in [4.69, 9.17) is 9.47 Å². The second kappa shape index (κ2) is 20.1. The van der Waals surface area contributed by atoms with E-state index in [1.807, 2.05) is 0 Å². The van der Waals surface area contributed by atoms with Gasteiger partial charge in [-0.1, -0.05) is 11.3 Å². The number of carbonyl (C=O) groups is 1. The number of phenolic OH excluding ortho intramolecular Hbond substituents is 1. The highest BCUT2D eigenvalue weighted by Gasteiger charge is 2.30. The minimum Gasteiger partial charge on any atom is -0.505 e. The molecule has 0 aliphatic heterocycles. The molecule has 0 fully saturated rings. The van der Waals surface area contributed by atoms with Crippen LogP contribution in [-0.4, -0.2) is 120 Å². The number of carboxylic acids is 1. The Bertz CT molecular complexity index is 4160. The number of rotatable bonds is 18. The molecule has 0 amide bonds. The summed E-state index contributed by atoms with van der Waals surface area (Å²) in [5.74, 6) is -5.30. The number of azo groups is 3. The molecule has 7 rings (SSSR count). The van der Waals surface area contributed by atoms with Gasteiger partial charge in [0.1, 0.15) is 38.4 Å². The Morgan fingerprint density at radius 3 is 1.91 bits per heavy atom. The van der Waals surface area contributed by atoms with E-state index in [1.165, 1.54) is 38.3 Å². The minimum atomic E-state index is -5.57. The maximum absolute atomic E-state index is 13.0. The van der Waals surface area contributed by atoms with Crippen LogP contribution in [0.25, 0.3) is 26.7 Å². The number of thiazole rings is 1. The summed E-state index contributed by atoms with van der Waals surface area (Å²) in [5, 5.41) is 57.6. The Morgan fingerprint density at radius 1 is 0.676 bits per heavy atom. The summed E-state index contributed by atoms with van der Waals surface area (Å²) in [6, 6.07) is 11.0. The third-order valence-corrected chi connectivity index (χ3v) is 15.4. The van der Waals surface area contributed by atoms with Crippen LogP contribution in [0, 0.1) is 6.92 Å². The van der Waals surface area contributed by atoms with Crippen molar-refractivity contribution >= 4 is 122 Å². The van der Waals surface area contributed by atoms with Gasteiger partial charge in [-0.2, -0.15) is 51.9 Å². The summed E-state index contributed by atoms with van der Waals surface area (Å²) in [4.78, 5) is 12.6. The number of fused-ring (bicyclic) bond motifs is 2. The summed E-state index contributed by atoms with van der Waals surface area (Å²) in [7, 11) is -23.9. The Morgan fingerprint density at radius 2 is 1.31 bits per heavy atom. The fourth-order valence-corrected chi connectivity index (χ4v) is 11.1. The summed E-state index contributed by atoms with van der Waals surface area (Å²) < 4.78 is 182. The molecule has 74 heavy (non-hydrogen) atoms. The molecule has 0 saturated carbocycles. The molecular weight excluding hydrogens is 1110 g/mol. The monoisotopic (exact) mass is 1140 g/mol. The van der Waals surface area contributed by atoms with Crippen LogP contribution in [-0.2, 0) is 50.6 Å². The summed E-state index contributed by atoms with van der Waals surface area (Å²) in [6.07, 6.45) is -0.302. The molecule has 0 atom stereocenters. The number of nitrogens with zero attached hydrogens (tertiary/aromatic N) is 9. The van der Waals surface area contributed by atoms with Gasteiger partial charge < -0.3 is 24.8 Å². The van der Waals surface area contributed by atoms with Crippen LogP contribution in [0.3, 0.4) is 0 Å². The number of aryl methyl sites for hydroxylation is 1. The molecule has 390 valence electrons. The Balaban J connectivity index is 1.31. The van der Waals surface area contributed by atoms with Crippen LogP contribution in [0.15, 0.2) is 117 Å². The van der Waals surface area contributed by atoms with Crippen LogP contribution in [0.1, 0.15) is 22.5 Å². The molecule has 0 aliphatic rings. The van der Waals surface area contributed by atoms with Crippen molar-refractivity contribution in [2.45, 2.75) is 32.9 Å². The number of phenols is 1. The number of ether oxygens (including phenoxy) is 2. The van der Waals surface area contributed by atoms with Gasteiger partial charge >= 0.3 is 5.97 Å². The highest BCUT2D eigenvalue weighted by Crippen LogP contribution is 2.47. The number of aromatic carboxylic acids is 1. The Labute approximate surface area is 419 Å². The van der Waals surface area contributed by atoms with Gasteiger partial charge in [-0.05, 0) is 79.6 Å². The van der Waals surface area contributed by atoms with E-state index in [9.17, 15) is 85.0 Å². The van der Waals surface area contributed by atoms with E-state index < -0.39 is 134 Å². The smallest absolute Gasteiger partial charge is 0.358 e. The third-order valence-electron chi connectivity index (χ3n) is 9.90. The number of aromatic nitrogens is 3. The molecule has 0 unspecified atom stereocenters. The van der Waals surface area contributed by atoms with E-state index in [2.05, 4.69) is 40.8 Å². The lowest BCUT2D eigenvalue weighted by atomic mass is 10.1. The number of hydrogen-bond donors (Lipinski definition) is 8. The van der Waals surface area contributed by atoms with E-state index in [0.717, 1.165) is 36.4 Å². The number of carboxylic acid groups (broad SMARTS) is 1. The molecule has 7 aromatic rings. The largest absolute Gasteiger partial charge is 0.505 e. The van der Waals surface area contributed by atoms with Crippen molar-refractivity contribution in [2.24, 2.45) is 30.7 Å². The van der Waals surface area contributed by atoms with Crippen molar-refractivity contribution in [1.29, 1.82) is 0 Å². The van der Waals surface area contributed by atoms with E-state index >= 15 is 0 Å². The molecule has 5 aromatic carbocycles. The van der Waals surface area contributed by atoms with Gasteiger partial charge in [0.2, 0.25) is 16.7 Å². The zero-order valence-corrected chi connectivity index (χ0v) is 41.7. The lowest BCUT2D eigenvalue weighted by Crippen LogP contribution is -2.08. The number of hydrogen-bond acceptors (Lipinski definition) is 24. The third kappa shape index (κ3) is 11.6. The first-order valence-electron chi connectivity index (χ1n) is 19.7. The lowest BCUT2D eigenvalue weighted by Gasteiger charge is -2.13. The summed E-state index contributed by atoms with van der Waals surface area (Å²) in [5.41, 5.74) is -4.02. The quantitative estimate of drug-likeness (QED) is 0.0245. The van der Waals surface area contributed by atoms with Crippen LogP contribution >= 0.6 is 11.3 Å². The molecule has 2 aromatic heterocycles. The molecule has 0 spiro atoms. The normalized spacial score (nSPS) is 13.0. The lowest BCUT2D eigenvalue weighted by molar-refractivity contribution is 0.0690. The van der Waals surface area contributed by atoms with Crippen molar-refractivity contribution in [3.05, 3.63) is 78.0 Å². The van der Waals surface area contributed by atoms with E-state index in [1.54, 1.807) is 0 Å². The van der Waals surface area contributed by atoms with Crippen molar-refractivity contribution in [3.63, 3.8) is 0 Å². The van der Waals surface area contributed by atoms with Gasteiger partial charge in [-0.3, -0.25) is 22.8 Å². The molecule has 0 saturated heterocycles. The molecule has 30 nitrogen and oxygen atoms in total. The van der Waals surface area contributed by atoms with Crippen LogP contribution < -0.4 is 9.47 Å². The first kappa shape index (κ1) is 54.3. The standard InChI is InChI=1S/C38H31N9O21S6/c1-17-14-25(27(68-12-3-13-70(52,53)54)16-24(17)41-45-38-39-22-10-11-26(67-2)35(33(22)69-38)74(64,65)66)42-43-29-28(72(58,59)60)15-21-20(32(29)48)8-9-23(34(21)73(61,62)63)40-44-30-31(37(50)51)46-47(36(30)49)18-4-6-19(7-5-18)71(55,56)57/h4-11,14-16,48-49H,3,12-13H2,1-2H3,(H,50,51)(H,52,53,54)(H,55,56,57)(H,58,59,60)(H,61,62,63)(H,64,65,66). The zero-order chi connectivity index (χ0) is 54.5. The fourth-order valence-electron chi connectivity index (χ4n) is 6.68. The molecule has 36 heteroatoms. The maximum atomic E-state index is 13.0. The van der Waals surface area contributed by atoms with Crippen molar-refractivity contribution in [2.75, 3.05) is 19.5 Å². The van der Waals surface area contributed by atoms with Gasteiger partial charge in [0.25, 0.3) is 50.6 Å². The molecule has 0 aliphatic carbocycles. The van der Waals surface area contributed by atoms with Gasteiger partial charge in [0.05, 0.1) is 46.0 Å². The SMILES string of the molecule is COc1ccc2nc(N=Nc3cc(OCCCS(=O)(=O)O)c(N=Nc4c(S(=O)(=O)O)cc5c(S(=O)(=O)O)c(N=Nc6c(C(=O)O)nn(-c7ccc(S(=O)(=O)O)cc7)c6O)ccc5c4O)cc3C)sc2c1S(=O)(=O)O. The van der Waals surface area contributed by atoms with E-state index in [-0.39, 0.29) is 55.9 Å². The predicted molar refractivity (Wildman–Crippen MR) is 253 cm³/mol. The van der Waals surface area contributed by atoms with Gasteiger partial charge in [-0.25, -0.2) is 9.78 Å². The highest BCUT2D eigenvalue weighted by molar-refractivity contribution is 7.87. The number of aromatic hydroxyl groups is 2. The fraction of sp³-hybridized carbons (Fsp3) is 0.132. The van der Waals surface area contributed by atoms with E-state index in [0.29, 0.717) is 22.1 Å². The molecular formula is C38H31N9O21S6. The number of benzene rings is 5. The second-order valence-corrected chi connectivity index (χ2v) is 22.9. The van der Waals surface area contributed by atoms with Crippen molar-refractivity contribution in [3.8, 4) is 28.8 Å². The van der Waals surface area contributed by atoms with Crippen molar-refractivity contribution in [1.82, 2.24) is 14.8 Å². The molecule has 8 N–H and O–H groups in total. The van der Waals surface area contributed by atoms with Crippen LogP contribution in [0.2, 0.25) is 0 Å². The first-order chi connectivity index (χ1) is 34.4. The molecule has 0 bridgehead atoms. The average Bonchev–Trinajstić information content (AvgIpc) is 3.87. The first-order valence-corrected chi connectivity index (χ1v) is 27.9. The summed E-state index contributed by atoms with van der Waals surface area (Å²) in [6.45, 7) is 1.03. The highest BCUT2D eigenvalue weighted by atomic mass is 32.2. The second-order valence-electron chi connectivity index (χ2n) is 14.8. The summed E-state index contributed by atoms with van der Waals surface area (Å²) >= 11 is 0.713. The predicted octanol–water partition coefficient (Wildman–Crippen LogP) is 6.95. The average molecular weight is 1140 g/mol. The van der Waals surface area contributed by atoms with Crippen molar-refractivity contribution < 1.29 is 94.4 Å². The van der Waals surface area contributed by atoms with Crippen LogP contribution in [0.4, 0.5) is 33.6 Å². The number of methoxy groups -OCH3 is 1. The van der Waals surface area contributed by atoms with Gasteiger partial charge in [-0.15, -0.1) is 30.7 Å².